The number of para-hydroxylation sites is 1. The van der Waals surface area contributed by atoms with Crippen LogP contribution in [0, 0.1) is 0 Å². The molecule has 2 aromatic rings. The number of carbonyl (C=O) groups is 2. The van der Waals surface area contributed by atoms with Gasteiger partial charge in [-0.05, 0) is 18.6 Å². The van der Waals surface area contributed by atoms with Gasteiger partial charge in [-0.1, -0.05) is 61.5 Å². The van der Waals surface area contributed by atoms with Crippen LogP contribution in [0.1, 0.15) is 13.3 Å². The molecule has 0 bridgehead atoms. The Balaban J connectivity index is 0.000000279. The Kier molecular flexibility index (Phi) is 13.3. The molecule has 1 saturated heterocycles. The van der Waals surface area contributed by atoms with Gasteiger partial charge in [0, 0.05) is 24.9 Å². The molecule has 166 valence electrons. The summed E-state index contributed by atoms with van der Waals surface area (Å²) < 4.78 is 5.00. The number of carbonyl (C=O) groups excluding carboxylic acids is 2. The molecule has 0 atom stereocenters. The number of primary amides is 1. The molecule has 1 fully saturated rings. The topological polar surface area (TPSA) is 114 Å². The minimum atomic E-state index is -0.458. The summed E-state index contributed by atoms with van der Waals surface area (Å²) in [7, 11) is 0. The lowest BCUT2D eigenvalue weighted by atomic mass is 10.2. The van der Waals surface area contributed by atoms with Crippen LogP contribution in [0.4, 0.5) is 5.69 Å². The van der Waals surface area contributed by atoms with Crippen molar-refractivity contribution in [1.29, 1.82) is 0 Å². The van der Waals surface area contributed by atoms with Crippen molar-refractivity contribution in [2.75, 3.05) is 31.3 Å². The quantitative estimate of drug-likeness (QED) is 0.242. The van der Waals surface area contributed by atoms with Gasteiger partial charge in [0.2, 0.25) is 12.3 Å². The van der Waals surface area contributed by atoms with Crippen LogP contribution in [0.3, 0.4) is 0 Å². The molecular weight excluding hydrogens is 394 g/mol. The van der Waals surface area contributed by atoms with Gasteiger partial charge < -0.3 is 21.1 Å². The first-order valence-electron chi connectivity index (χ1n) is 9.98. The van der Waals surface area contributed by atoms with Crippen LogP contribution in [0.5, 0.6) is 0 Å². The Morgan fingerprint density at radius 2 is 1.58 bits per heavy atom. The predicted octanol–water partition coefficient (Wildman–Crippen LogP) is 2.34. The Bertz CT molecular complexity index is 765. The predicted molar refractivity (Wildman–Crippen MR) is 124 cm³/mol. The smallest absolute Gasteiger partial charge is 0.246 e. The number of nitrogens with zero attached hydrogens (tertiary/aromatic N) is 3. The zero-order valence-electron chi connectivity index (χ0n) is 17.8. The summed E-state index contributed by atoms with van der Waals surface area (Å²) in [6.07, 6.45) is 4.15. The first-order chi connectivity index (χ1) is 15.1. The second-order valence-corrected chi connectivity index (χ2v) is 6.23. The van der Waals surface area contributed by atoms with Gasteiger partial charge in [0.25, 0.3) is 0 Å². The van der Waals surface area contributed by atoms with Crippen LogP contribution < -0.4 is 16.5 Å². The van der Waals surface area contributed by atoms with E-state index in [0.29, 0.717) is 25.2 Å². The van der Waals surface area contributed by atoms with Crippen molar-refractivity contribution in [1.82, 2.24) is 4.90 Å². The normalized spacial score (nSPS) is 13.3. The average molecular weight is 426 g/mol. The Morgan fingerprint density at radius 1 is 1.06 bits per heavy atom. The van der Waals surface area contributed by atoms with Crippen molar-refractivity contribution in [2.24, 2.45) is 16.6 Å². The van der Waals surface area contributed by atoms with Crippen LogP contribution >= 0.6 is 0 Å². The number of anilines is 1. The van der Waals surface area contributed by atoms with E-state index in [1.54, 1.807) is 11.1 Å². The van der Waals surface area contributed by atoms with Crippen molar-refractivity contribution < 1.29 is 14.3 Å². The highest BCUT2D eigenvalue weighted by atomic mass is 16.5. The van der Waals surface area contributed by atoms with E-state index >= 15 is 0 Å². The molecule has 2 aromatic carbocycles. The number of nitrogens with two attached hydrogens (primary N) is 2. The SMILES string of the molecule is CC/C(=C\N(/N=C/N)c1ccccc1)C(N)=O.O=CN1CCOCC1.c1ccccc1. The lowest BCUT2D eigenvalue weighted by molar-refractivity contribution is -0.121. The molecule has 0 aromatic heterocycles. The van der Waals surface area contributed by atoms with Crippen molar-refractivity contribution in [2.45, 2.75) is 13.3 Å². The number of amides is 2. The Morgan fingerprint density at radius 3 is 1.97 bits per heavy atom. The zero-order valence-corrected chi connectivity index (χ0v) is 17.8. The van der Waals surface area contributed by atoms with E-state index in [4.69, 9.17) is 16.2 Å². The summed E-state index contributed by atoms with van der Waals surface area (Å²) in [6.45, 7) is 4.75. The molecule has 1 aliphatic rings. The van der Waals surface area contributed by atoms with E-state index < -0.39 is 5.91 Å². The summed E-state index contributed by atoms with van der Waals surface area (Å²) in [4.78, 5) is 22.9. The maximum Gasteiger partial charge on any atom is 0.246 e. The monoisotopic (exact) mass is 425 g/mol. The van der Waals surface area contributed by atoms with Gasteiger partial charge in [-0.3, -0.25) is 9.59 Å². The number of benzene rings is 2. The maximum absolute atomic E-state index is 11.1. The van der Waals surface area contributed by atoms with Gasteiger partial charge in [-0.15, -0.1) is 0 Å². The van der Waals surface area contributed by atoms with Gasteiger partial charge in [0.15, 0.2) is 0 Å². The molecule has 3 rings (SSSR count). The molecule has 4 N–H and O–H groups in total. The first-order valence-corrected chi connectivity index (χ1v) is 9.98. The van der Waals surface area contributed by atoms with E-state index in [0.717, 1.165) is 31.5 Å². The fourth-order valence-corrected chi connectivity index (χ4v) is 2.37. The van der Waals surface area contributed by atoms with Gasteiger partial charge in [-0.25, -0.2) is 5.01 Å². The molecular formula is C23H31N5O3. The second kappa shape index (κ2) is 16.2. The molecule has 1 heterocycles. The largest absolute Gasteiger partial charge is 0.388 e. The highest BCUT2D eigenvalue weighted by Crippen LogP contribution is 2.15. The molecule has 0 saturated carbocycles. The van der Waals surface area contributed by atoms with Crippen molar-refractivity contribution in [3.8, 4) is 0 Å². The van der Waals surface area contributed by atoms with Crippen LogP contribution in [-0.2, 0) is 14.3 Å². The number of morpholine rings is 1. The fraction of sp³-hybridized carbons (Fsp3) is 0.261. The highest BCUT2D eigenvalue weighted by molar-refractivity contribution is 5.92. The molecule has 1 aliphatic heterocycles. The van der Waals surface area contributed by atoms with E-state index in [9.17, 15) is 9.59 Å². The van der Waals surface area contributed by atoms with Gasteiger partial charge in [0.1, 0.15) is 6.34 Å². The Hall–Kier alpha value is -3.65. The van der Waals surface area contributed by atoms with E-state index in [1.807, 2.05) is 73.7 Å². The van der Waals surface area contributed by atoms with Crippen LogP contribution in [-0.4, -0.2) is 49.9 Å². The van der Waals surface area contributed by atoms with Crippen molar-refractivity contribution in [3.63, 3.8) is 0 Å². The summed E-state index contributed by atoms with van der Waals surface area (Å²) >= 11 is 0. The lowest BCUT2D eigenvalue weighted by Crippen LogP contribution is -2.34. The van der Waals surface area contributed by atoms with Crippen molar-refractivity contribution >= 4 is 24.3 Å². The number of hydrogen-bond donors (Lipinski definition) is 2. The first kappa shape index (κ1) is 25.4. The van der Waals surface area contributed by atoms with Crippen LogP contribution in [0.15, 0.2) is 83.6 Å². The van der Waals surface area contributed by atoms with E-state index in [2.05, 4.69) is 5.10 Å². The van der Waals surface area contributed by atoms with Crippen LogP contribution in [0.25, 0.3) is 0 Å². The number of hydrogen-bond acceptors (Lipinski definition) is 5. The fourth-order valence-electron chi connectivity index (χ4n) is 2.37. The minimum Gasteiger partial charge on any atom is -0.388 e. The van der Waals surface area contributed by atoms with Gasteiger partial charge in [0.05, 0.1) is 18.9 Å². The number of ether oxygens (including phenoxy) is 1. The summed E-state index contributed by atoms with van der Waals surface area (Å²) in [6, 6.07) is 21.4. The molecule has 0 spiro atoms. The van der Waals surface area contributed by atoms with Gasteiger partial charge in [-0.2, -0.15) is 5.10 Å². The minimum absolute atomic E-state index is 0.458. The molecule has 2 amide bonds. The molecule has 0 radical (unpaired) electrons. The summed E-state index contributed by atoms with van der Waals surface area (Å²) in [5.41, 5.74) is 11.8. The standard InChI is InChI=1S/C12H16N4O.C6H6.C5H9NO2/c1-2-10(12(14)17)8-16(15-9-13)11-6-4-3-5-7-11;1-2-4-6-5-3-1;7-5-6-1-3-8-4-2-6/h3-9H,2H2,1H3,(H2,13,15)(H2,14,17);1-6H;5H,1-4H2/b10-8+;;. The summed E-state index contributed by atoms with van der Waals surface area (Å²) in [5, 5.41) is 5.48. The zero-order chi connectivity index (χ0) is 22.7. The third-order valence-electron chi connectivity index (χ3n) is 4.05. The Labute approximate surface area is 183 Å². The molecule has 8 nitrogen and oxygen atoms in total. The lowest BCUT2D eigenvalue weighted by Gasteiger charge is -2.21. The van der Waals surface area contributed by atoms with E-state index in [1.165, 1.54) is 5.01 Å². The molecule has 8 heteroatoms. The molecule has 31 heavy (non-hydrogen) atoms. The number of hydrazone groups is 1. The number of rotatable bonds is 6. The highest BCUT2D eigenvalue weighted by Gasteiger charge is 2.07. The van der Waals surface area contributed by atoms with Gasteiger partial charge >= 0.3 is 0 Å². The van der Waals surface area contributed by atoms with Crippen LogP contribution in [0.2, 0.25) is 0 Å². The maximum atomic E-state index is 11.1. The molecule has 0 unspecified atom stereocenters. The second-order valence-electron chi connectivity index (χ2n) is 6.23. The van der Waals surface area contributed by atoms with E-state index in [-0.39, 0.29) is 0 Å². The van der Waals surface area contributed by atoms with Crippen molar-refractivity contribution in [3.05, 3.63) is 78.5 Å². The average Bonchev–Trinajstić information content (AvgIpc) is 2.84. The third-order valence-corrected chi connectivity index (χ3v) is 4.05. The third kappa shape index (κ3) is 11.2. The summed E-state index contributed by atoms with van der Waals surface area (Å²) in [5.74, 6) is -0.458. The molecule has 0 aliphatic carbocycles.